The van der Waals surface area contributed by atoms with Crippen molar-refractivity contribution in [2.24, 2.45) is 0 Å². The van der Waals surface area contributed by atoms with Crippen LogP contribution < -0.4 is 0 Å². The first-order chi connectivity index (χ1) is 17.5. The molecule has 5 aromatic rings. The van der Waals surface area contributed by atoms with Gasteiger partial charge in [-0.2, -0.15) is 0 Å². The van der Waals surface area contributed by atoms with Crippen molar-refractivity contribution in [2.75, 3.05) is 0 Å². The third-order valence-corrected chi connectivity index (χ3v) is 5.21. The van der Waals surface area contributed by atoms with Crippen LogP contribution in [0.2, 0.25) is 0 Å². The van der Waals surface area contributed by atoms with Crippen LogP contribution in [-0.4, -0.2) is 9.55 Å². The smallest absolute Gasteiger partial charge is 0.145 e. The third kappa shape index (κ3) is 3.21. The summed E-state index contributed by atoms with van der Waals surface area (Å²) in [4.78, 5) is 4.91. The first-order valence-corrected chi connectivity index (χ1v) is 9.75. The molecule has 0 radical (unpaired) electrons. The Morgan fingerprint density at radius 1 is 0.733 bits per heavy atom. The molecule has 2 nitrogen and oxygen atoms in total. The highest BCUT2D eigenvalue weighted by Crippen LogP contribution is 2.34. The number of aromatic nitrogens is 2. The fraction of sp³-hybridized carbons (Fsp3) is 0.107. The van der Waals surface area contributed by atoms with Crippen LogP contribution in [-0.2, 0) is 0 Å². The van der Waals surface area contributed by atoms with Crippen LogP contribution in [0.25, 0.3) is 39.2 Å². The zero-order valence-corrected chi connectivity index (χ0v) is 16.2. The SMILES string of the molecule is [2H]C([2H])([2H])C([2H])(c1ccccc1-n1c(-c2ccccc2)nc2cc(-c3ccccc3)ccc21)C([2H])([2H])[2H]. The first-order valence-electron chi connectivity index (χ1n) is 13.3. The van der Waals surface area contributed by atoms with Crippen molar-refractivity contribution in [3.63, 3.8) is 0 Å². The summed E-state index contributed by atoms with van der Waals surface area (Å²) >= 11 is 0. The number of benzene rings is 4. The molecule has 0 N–H and O–H groups in total. The van der Waals surface area contributed by atoms with Crippen LogP contribution in [0.4, 0.5) is 0 Å². The van der Waals surface area contributed by atoms with Gasteiger partial charge in [0, 0.05) is 15.2 Å². The number of para-hydroxylation sites is 1. The van der Waals surface area contributed by atoms with Gasteiger partial charge in [-0.25, -0.2) is 4.98 Å². The minimum Gasteiger partial charge on any atom is -0.292 e. The van der Waals surface area contributed by atoms with E-state index in [4.69, 9.17) is 14.6 Å². The molecule has 5 rings (SSSR count). The van der Waals surface area contributed by atoms with E-state index < -0.39 is 19.6 Å². The molecule has 146 valence electrons. The second kappa shape index (κ2) is 7.64. The van der Waals surface area contributed by atoms with Crippen LogP contribution >= 0.6 is 0 Å². The number of nitrogens with zero attached hydrogens (tertiary/aromatic N) is 2. The Bertz CT molecular complexity index is 1540. The van der Waals surface area contributed by atoms with E-state index in [0.29, 0.717) is 22.5 Å². The van der Waals surface area contributed by atoms with Crippen LogP contribution in [0.3, 0.4) is 0 Å². The third-order valence-electron chi connectivity index (χ3n) is 5.21. The van der Waals surface area contributed by atoms with E-state index >= 15 is 0 Å². The lowest BCUT2D eigenvalue weighted by Crippen LogP contribution is -2.03. The molecule has 0 saturated heterocycles. The van der Waals surface area contributed by atoms with E-state index in [-0.39, 0.29) is 5.56 Å². The molecule has 0 spiro atoms. The van der Waals surface area contributed by atoms with Crippen molar-refractivity contribution in [3.05, 3.63) is 109 Å². The summed E-state index contributed by atoms with van der Waals surface area (Å²) in [5.41, 5.74) is 4.27. The van der Waals surface area contributed by atoms with Gasteiger partial charge < -0.3 is 0 Å². The maximum absolute atomic E-state index is 8.88. The molecule has 1 heterocycles. The molecule has 0 aliphatic heterocycles. The Kier molecular flexibility index (Phi) is 3.09. The fourth-order valence-corrected chi connectivity index (χ4v) is 3.80. The molecule has 0 bridgehead atoms. The van der Waals surface area contributed by atoms with Gasteiger partial charge >= 0.3 is 0 Å². The summed E-state index contributed by atoms with van der Waals surface area (Å²) in [5.74, 6) is -2.34. The summed E-state index contributed by atoms with van der Waals surface area (Å²) in [6, 6.07) is 31.4. The summed E-state index contributed by atoms with van der Waals surface area (Å²) in [5, 5.41) is 0. The predicted octanol–water partition coefficient (Wildman–Crippen LogP) is 7.48. The van der Waals surface area contributed by atoms with Crippen LogP contribution in [0, 0.1) is 0 Å². The summed E-state index contributed by atoms with van der Waals surface area (Å²) in [7, 11) is 0. The maximum atomic E-state index is 8.88. The molecule has 4 aromatic carbocycles. The van der Waals surface area contributed by atoms with Crippen LogP contribution in [0.1, 0.15) is 34.8 Å². The molecule has 0 amide bonds. The monoisotopic (exact) mass is 395 g/mol. The molecule has 30 heavy (non-hydrogen) atoms. The number of imidazole rings is 1. The average molecular weight is 396 g/mol. The summed E-state index contributed by atoms with van der Waals surface area (Å²) in [6.07, 6.45) is 0. The lowest BCUT2D eigenvalue weighted by Gasteiger charge is -2.16. The maximum Gasteiger partial charge on any atom is 0.145 e. The molecule has 2 heteroatoms. The van der Waals surface area contributed by atoms with E-state index in [9.17, 15) is 0 Å². The van der Waals surface area contributed by atoms with Crippen molar-refractivity contribution < 1.29 is 9.60 Å². The van der Waals surface area contributed by atoms with Gasteiger partial charge in [-0.3, -0.25) is 4.57 Å². The number of rotatable bonds is 4. The van der Waals surface area contributed by atoms with Gasteiger partial charge in [0.25, 0.3) is 0 Å². The molecule has 0 aliphatic carbocycles. The minimum atomic E-state index is -3.11. The van der Waals surface area contributed by atoms with E-state index in [2.05, 4.69) is 0 Å². The van der Waals surface area contributed by atoms with Gasteiger partial charge in [-0.05, 0) is 40.8 Å². The van der Waals surface area contributed by atoms with Gasteiger partial charge in [0.2, 0.25) is 0 Å². The highest BCUT2D eigenvalue weighted by Gasteiger charge is 2.18. The lowest BCUT2D eigenvalue weighted by molar-refractivity contribution is 0.851. The van der Waals surface area contributed by atoms with Crippen molar-refractivity contribution in [1.82, 2.24) is 9.55 Å². The van der Waals surface area contributed by atoms with Crippen molar-refractivity contribution >= 4 is 11.0 Å². The molecule has 0 aliphatic rings. The lowest BCUT2D eigenvalue weighted by atomic mass is 10.0. The topological polar surface area (TPSA) is 17.8 Å². The molecule has 0 fully saturated rings. The van der Waals surface area contributed by atoms with Gasteiger partial charge in [0.1, 0.15) is 5.82 Å². The summed E-state index contributed by atoms with van der Waals surface area (Å²) < 4.78 is 59.0. The molecule has 0 saturated carbocycles. The zero-order chi connectivity index (χ0) is 26.4. The highest BCUT2D eigenvalue weighted by atomic mass is 15.1. The van der Waals surface area contributed by atoms with Gasteiger partial charge in [-0.1, -0.05) is 98.6 Å². The normalized spacial score (nSPS) is 15.9. The second-order valence-corrected chi connectivity index (χ2v) is 7.10. The Balaban J connectivity index is 1.84. The summed E-state index contributed by atoms with van der Waals surface area (Å²) in [6.45, 7) is -6.23. The molecule has 0 atom stereocenters. The minimum absolute atomic E-state index is 0.112. The van der Waals surface area contributed by atoms with E-state index in [1.807, 2.05) is 78.9 Å². The Hall–Kier alpha value is -3.65. The van der Waals surface area contributed by atoms with E-state index in [1.54, 1.807) is 22.8 Å². The Morgan fingerprint density at radius 3 is 2.13 bits per heavy atom. The van der Waals surface area contributed by atoms with E-state index in [1.165, 1.54) is 6.07 Å². The standard InChI is InChI=1S/C28H24N2/c1-20(2)24-15-9-10-16-26(24)30-27-18-17-23(21-11-5-3-6-12-21)19-25(27)29-28(30)22-13-7-4-8-14-22/h3-20H,1-2H3/i1D3,2D3,20D. The van der Waals surface area contributed by atoms with Crippen molar-refractivity contribution in [3.8, 4) is 28.2 Å². The first kappa shape index (κ1) is 12.1. The fourth-order valence-electron chi connectivity index (χ4n) is 3.80. The van der Waals surface area contributed by atoms with Gasteiger partial charge in [-0.15, -0.1) is 0 Å². The van der Waals surface area contributed by atoms with Crippen LogP contribution in [0.15, 0.2) is 103 Å². The zero-order valence-electron chi connectivity index (χ0n) is 23.2. The largest absolute Gasteiger partial charge is 0.292 e. The number of hydrogen-bond acceptors (Lipinski definition) is 1. The quantitative estimate of drug-likeness (QED) is 0.308. The Labute approximate surface area is 187 Å². The van der Waals surface area contributed by atoms with E-state index in [0.717, 1.165) is 16.7 Å². The molecule has 0 unspecified atom stereocenters. The van der Waals surface area contributed by atoms with Crippen LogP contribution in [0.5, 0.6) is 0 Å². The van der Waals surface area contributed by atoms with Crippen molar-refractivity contribution in [1.29, 1.82) is 0 Å². The molecular weight excluding hydrogens is 364 g/mol. The van der Waals surface area contributed by atoms with Gasteiger partial charge in [0.15, 0.2) is 0 Å². The van der Waals surface area contributed by atoms with Crippen molar-refractivity contribution in [2.45, 2.75) is 19.6 Å². The van der Waals surface area contributed by atoms with Gasteiger partial charge in [0.05, 0.1) is 16.7 Å². The molecule has 1 aromatic heterocycles. The number of hydrogen-bond donors (Lipinski definition) is 0. The molecular formula is C28H24N2. The Morgan fingerprint density at radius 2 is 1.40 bits per heavy atom. The number of fused-ring (bicyclic) bond motifs is 1. The predicted molar refractivity (Wildman–Crippen MR) is 126 cm³/mol. The second-order valence-electron chi connectivity index (χ2n) is 7.10. The highest BCUT2D eigenvalue weighted by molar-refractivity contribution is 5.87. The average Bonchev–Trinajstić information content (AvgIpc) is 3.26.